The maximum absolute atomic E-state index is 9.14. The highest BCUT2D eigenvalue weighted by Gasteiger charge is 2.41. The molecule has 0 bridgehead atoms. The molecule has 256 valence electrons. The molecule has 0 fully saturated rings. The van der Waals surface area contributed by atoms with Crippen LogP contribution in [0.2, 0.25) is 0 Å². The number of aromatic nitrogens is 2. The SMILES string of the molecule is [2H]C([2H])([2H])c1cc2c(cc1-c1cc(-c3c(C)ccc4c3oc3ncccc34)[n+](C)cc1C([2H])([2H])[2H])B(c1c(C)cccc1C([2H])([2H])[2H])c1ccccc1B2c1c(C)cccc1C([2H])([2H])[2H]. The summed E-state index contributed by atoms with van der Waals surface area (Å²) in [5.74, 6) is 0. The molecule has 0 spiro atoms. The van der Waals surface area contributed by atoms with Gasteiger partial charge in [0, 0.05) is 45.0 Å². The summed E-state index contributed by atoms with van der Waals surface area (Å²) in [5.41, 5.74) is 8.04. The molecule has 9 rings (SSSR count). The van der Waals surface area contributed by atoms with E-state index in [0.29, 0.717) is 66.5 Å². The summed E-state index contributed by atoms with van der Waals surface area (Å²) in [6.07, 6.45) is 3.16. The van der Waals surface area contributed by atoms with Crippen LogP contribution in [0.4, 0.5) is 0 Å². The Balaban J connectivity index is 1.45. The zero-order valence-electron chi connectivity index (χ0n) is 41.9. The van der Waals surface area contributed by atoms with Crippen LogP contribution in [0.5, 0.6) is 0 Å². The highest BCUT2D eigenvalue weighted by molar-refractivity contribution is 7.11. The van der Waals surface area contributed by atoms with Gasteiger partial charge in [0.25, 0.3) is 0 Å². The molecule has 53 heavy (non-hydrogen) atoms. The molecule has 5 aromatic carbocycles. The Hall–Kier alpha value is -5.67. The van der Waals surface area contributed by atoms with Crippen molar-refractivity contribution in [2.24, 2.45) is 7.05 Å². The Kier molecular flexibility index (Phi) is 5.28. The van der Waals surface area contributed by atoms with Crippen LogP contribution in [-0.2, 0) is 7.05 Å². The first-order valence-corrected chi connectivity index (χ1v) is 17.8. The maximum atomic E-state index is 9.14. The van der Waals surface area contributed by atoms with Crippen LogP contribution in [0.25, 0.3) is 44.5 Å². The van der Waals surface area contributed by atoms with Crippen molar-refractivity contribution < 1.29 is 25.4 Å². The summed E-state index contributed by atoms with van der Waals surface area (Å²) in [7, 11) is 1.74. The van der Waals surface area contributed by atoms with Gasteiger partial charge in [0.2, 0.25) is 24.8 Å². The lowest BCUT2D eigenvalue weighted by molar-refractivity contribution is -0.660. The maximum Gasteiger partial charge on any atom is 0.240 e. The van der Waals surface area contributed by atoms with E-state index in [4.69, 9.17) is 20.9 Å². The van der Waals surface area contributed by atoms with Gasteiger partial charge in [-0.1, -0.05) is 140 Å². The monoisotopic (exact) mass is 697 g/mol. The lowest BCUT2D eigenvalue weighted by Gasteiger charge is -2.35. The summed E-state index contributed by atoms with van der Waals surface area (Å²) >= 11 is 0. The van der Waals surface area contributed by atoms with E-state index in [0.717, 1.165) is 16.3 Å². The molecule has 4 heterocycles. The summed E-state index contributed by atoms with van der Waals surface area (Å²) in [6, 6.07) is 30.4. The molecule has 1 aliphatic rings. The minimum absolute atomic E-state index is 0.0997. The average Bonchev–Trinajstić information content (AvgIpc) is 3.60. The molecular formula is C48H43B2N2O+. The van der Waals surface area contributed by atoms with E-state index < -0.39 is 40.8 Å². The van der Waals surface area contributed by atoms with Gasteiger partial charge >= 0.3 is 0 Å². The van der Waals surface area contributed by atoms with Crippen LogP contribution in [-0.4, -0.2) is 18.4 Å². The Labute approximate surface area is 330 Å². The first kappa shape index (κ1) is 22.4. The second-order valence-electron chi connectivity index (χ2n) is 14.3. The number of pyridine rings is 2. The molecule has 0 amide bonds. The van der Waals surface area contributed by atoms with Gasteiger partial charge in [0.15, 0.2) is 11.8 Å². The minimum Gasteiger partial charge on any atom is -0.437 e. The summed E-state index contributed by atoms with van der Waals surface area (Å²) in [4.78, 5) is 4.45. The number of hydrogen-bond donors (Lipinski definition) is 0. The third kappa shape index (κ3) is 5.12. The highest BCUT2D eigenvalue weighted by Crippen LogP contribution is 2.38. The average molecular weight is 698 g/mol. The first-order valence-electron chi connectivity index (χ1n) is 23.8. The molecule has 3 aromatic heterocycles. The van der Waals surface area contributed by atoms with Crippen molar-refractivity contribution >= 4 is 68.3 Å². The van der Waals surface area contributed by atoms with Crippen molar-refractivity contribution in [3.05, 3.63) is 154 Å². The molecule has 0 aliphatic carbocycles. The predicted molar refractivity (Wildman–Crippen MR) is 225 cm³/mol. The van der Waals surface area contributed by atoms with E-state index in [-0.39, 0.29) is 33.4 Å². The van der Waals surface area contributed by atoms with Crippen molar-refractivity contribution in [2.45, 2.75) is 48.2 Å². The lowest BCUT2D eigenvalue weighted by atomic mass is 9.20. The van der Waals surface area contributed by atoms with Crippen molar-refractivity contribution in [3.63, 3.8) is 0 Å². The van der Waals surface area contributed by atoms with Crippen LogP contribution in [0.3, 0.4) is 0 Å². The van der Waals surface area contributed by atoms with E-state index >= 15 is 0 Å². The van der Waals surface area contributed by atoms with Gasteiger partial charge in [-0.2, -0.15) is 0 Å². The number of furan rings is 1. The highest BCUT2D eigenvalue weighted by atomic mass is 16.3. The van der Waals surface area contributed by atoms with Crippen molar-refractivity contribution in [1.29, 1.82) is 0 Å². The third-order valence-corrected chi connectivity index (χ3v) is 11.1. The third-order valence-electron chi connectivity index (χ3n) is 11.1. The first-order chi connectivity index (χ1) is 30.5. The Morgan fingerprint density at radius 2 is 1.19 bits per heavy atom. The van der Waals surface area contributed by atoms with Crippen LogP contribution < -0.4 is 37.3 Å². The number of benzene rings is 5. The fraction of sp³-hybridized carbons (Fsp3) is 0.167. The molecule has 1 aliphatic heterocycles. The van der Waals surface area contributed by atoms with Gasteiger partial charge in [-0.05, 0) is 82.6 Å². The van der Waals surface area contributed by atoms with Crippen LogP contribution in [0, 0.1) is 48.2 Å². The fourth-order valence-electron chi connectivity index (χ4n) is 8.69. The number of rotatable bonds is 4. The van der Waals surface area contributed by atoms with Gasteiger partial charge in [0.05, 0.1) is 5.56 Å². The van der Waals surface area contributed by atoms with E-state index in [1.54, 1.807) is 60.3 Å². The van der Waals surface area contributed by atoms with E-state index in [1.807, 2.05) is 81.4 Å². The smallest absolute Gasteiger partial charge is 0.240 e. The van der Waals surface area contributed by atoms with Crippen LogP contribution in [0.15, 0.2) is 120 Å². The summed E-state index contributed by atoms with van der Waals surface area (Å²) in [5, 5.41) is 1.60. The number of nitrogens with zero attached hydrogens (tertiary/aromatic N) is 2. The molecular weight excluding hydrogens is 642 g/mol. The minimum atomic E-state index is -2.82. The number of fused-ring (bicyclic) bond motifs is 5. The van der Waals surface area contributed by atoms with Crippen molar-refractivity contribution in [3.8, 4) is 22.4 Å². The molecule has 0 atom stereocenters. The molecule has 0 N–H and O–H groups in total. The Bertz CT molecular complexity index is 3240. The molecule has 3 nitrogen and oxygen atoms in total. The standard InChI is InChI=1S/C48H43B2N2O/c1-28-21-22-35-36-18-13-23-51-48(36)53-47(35)44(28)43-26-38(34(7)27-52(43)8)37-25-42-41(24-33(37)6)49(45-29(2)14-11-15-30(45)3)39-19-9-10-20-40(39)50(42)46-31(4)16-12-17-32(46)5/h9-27H,1-8H3/q+1/i2D3,4D3,6D3,7D3. The quantitative estimate of drug-likeness (QED) is 0.153. The zero-order valence-corrected chi connectivity index (χ0v) is 29.9. The topological polar surface area (TPSA) is 29.9 Å². The summed E-state index contributed by atoms with van der Waals surface area (Å²) < 4.78 is 114. The van der Waals surface area contributed by atoms with Crippen molar-refractivity contribution in [2.75, 3.05) is 0 Å². The van der Waals surface area contributed by atoms with Gasteiger partial charge < -0.3 is 4.42 Å². The largest absolute Gasteiger partial charge is 0.437 e. The van der Waals surface area contributed by atoms with Gasteiger partial charge in [-0.15, -0.1) is 0 Å². The van der Waals surface area contributed by atoms with E-state index in [2.05, 4.69) is 4.98 Å². The van der Waals surface area contributed by atoms with Crippen LogP contribution >= 0.6 is 0 Å². The lowest BCUT2D eigenvalue weighted by Crippen LogP contribution is -2.76. The molecule has 8 aromatic rings. The van der Waals surface area contributed by atoms with Gasteiger partial charge in [-0.25, -0.2) is 9.55 Å². The number of aryl methyl sites for hydroxylation is 8. The van der Waals surface area contributed by atoms with Gasteiger partial charge in [-0.3, -0.25) is 0 Å². The number of hydrogen-bond acceptors (Lipinski definition) is 2. The predicted octanol–water partition coefficient (Wildman–Crippen LogP) is 6.64. The fourth-order valence-corrected chi connectivity index (χ4v) is 8.69. The summed E-state index contributed by atoms with van der Waals surface area (Å²) in [6.45, 7) is -6.66. The van der Waals surface area contributed by atoms with Gasteiger partial charge in [0.1, 0.15) is 7.05 Å². The Morgan fingerprint density at radius 1 is 0.566 bits per heavy atom. The molecule has 0 unspecified atom stereocenters. The van der Waals surface area contributed by atoms with E-state index in [9.17, 15) is 0 Å². The molecule has 5 heteroatoms. The van der Waals surface area contributed by atoms with E-state index in [1.165, 1.54) is 6.20 Å². The Morgan fingerprint density at radius 3 is 1.85 bits per heavy atom. The second kappa shape index (κ2) is 12.5. The molecule has 0 saturated carbocycles. The molecule has 0 radical (unpaired) electrons. The normalized spacial score (nSPS) is 16.8. The van der Waals surface area contributed by atoms with Crippen LogP contribution in [0.1, 0.15) is 55.4 Å². The molecule has 0 saturated heterocycles. The second-order valence-corrected chi connectivity index (χ2v) is 14.3. The zero-order chi connectivity index (χ0) is 46.7. The van der Waals surface area contributed by atoms with Crippen molar-refractivity contribution in [1.82, 2.24) is 4.98 Å².